The first-order chi connectivity index (χ1) is 9.16. The average Bonchev–Trinajstić information content (AvgIpc) is 2.42. The Labute approximate surface area is 114 Å². The molecule has 0 bridgehead atoms. The Balaban J connectivity index is 2.29. The van der Waals surface area contributed by atoms with Gasteiger partial charge in [-0.1, -0.05) is 35.9 Å². The summed E-state index contributed by atoms with van der Waals surface area (Å²) >= 11 is 6.13. The van der Waals surface area contributed by atoms with Crippen LogP contribution in [0.5, 0.6) is 0 Å². The van der Waals surface area contributed by atoms with E-state index < -0.39 is 0 Å². The van der Waals surface area contributed by atoms with E-state index in [0.29, 0.717) is 27.6 Å². The zero-order valence-corrected chi connectivity index (χ0v) is 10.9. The summed E-state index contributed by atoms with van der Waals surface area (Å²) in [4.78, 5) is 8.56. The van der Waals surface area contributed by atoms with E-state index in [1.54, 1.807) is 25.1 Å². The molecule has 4 heteroatoms. The van der Waals surface area contributed by atoms with E-state index in [0.717, 1.165) is 5.39 Å². The second-order valence-corrected chi connectivity index (χ2v) is 4.65. The molecule has 0 radical (unpaired) electrons. The van der Waals surface area contributed by atoms with Crippen molar-refractivity contribution in [1.29, 1.82) is 0 Å². The Hall–Kier alpha value is -2.00. The molecule has 2 aromatic carbocycles. The number of fused-ring (bicyclic) bond motifs is 1. The van der Waals surface area contributed by atoms with Crippen LogP contribution in [0.4, 0.5) is 4.39 Å². The van der Waals surface area contributed by atoms with Crippen molar-refractivity contribution in [2.45, 2.75) is 6.92 Å². The molecular weight excluding hydrogens is 263 g/mol. The highest BCUT2D eigenvalue weighted by Crippen LogP contribution is 2.27. The molecule has 0 spiro atoms. The molecule has 0 fully saturated rings. The first-order valence-electron chi connectivity index (χ1n) is 5.84. The van der Waals surface area contributed by atoms with E-state index >= 15 is 0 Å². The van der Waals surface area contributed by atoms with Crippen LogP contribution in [0.25, 0.3) is 22.3 Å². The summed E-state index contributed by atoms with van der Waals surface area (Å²) in [6.07, 6.45) is 0. The lowest BCUT2D eigenvalue weighted by molar-refractivity contribution is 0.621. The van der Waals surface area contributed by atoms with Gasteiger partial charge in [0.15, 0.2) is 5.82 Å². The van der Waals surface area contributed by atoms with Crippen molar-refractivity contribution >= 4 is 22.5 Å². The number of para-hydroxylation sites is 1. The number of rotatable bonds is 1. The number of aromatic nitrogens is 2. The van der Waals surface area contributed by atoms with E-state index in [2.05, 4.69) is 9.97 Å². The third-order valence-corrected chi connectivity index (χ3v) is 3.28. The maximum atomic E-state index is 14.1. The Bertz CT molecular complexity index is 771. The van der Waals surface area contributed by atoms with Crippen LogP contribution in [0.15, 0.2) is 42.5 Å². The minimum atomic E-state index is -0.311. The average molecular weight is 273 g/mol. The molecule has 0 aliphatic rings. The predicted molar refractivity (Wildman–Crippen MR) is 74.7 cm³/mol. The molecule has 1 aromatic heterocycles. The summed E-state index contributed by atoms with van der Waals surface area (Å²) in [7, 11) is 0. The van der Waals surface area contributed by atoms with E-state index in [1.165, 1.54) is 0 Å². The molecule has 2 nitrogen and oxygen atoms in total. The predicted octanol–water partition coefficient (Wildman–Crippen LogP) is 4.40. The molecule has 0 N–H and O–H groups in total. The Morgan fingerprint density at radius 2 is 1.79 bits per heavy atom. The van der Waals surface area contributed by atoms with Crippen LogP contribution < -0.4 is 0 Å². The van der Waals surface area contributed by atoms with Gasteiger partial charge in [0, 0.05) is 5.39 Å². The quantitative estimate of drug-likeness (QED) is 0.614. The summed E-state index contributed by atoms with van der Waals surface area (Å²) in [5.74, 6) is -0.00116. The summed E-state index contributed by atoms with van der Waals surface area (Å²) in [5, 5.41) is 1.10. The van der Waals surface area contributed by atoms with Gasteiger partial charge < -0.3 is 0 Å². The first-order valence-corrected chi connectivity index (χ1v) is 6.22. The van der Waals surface area contributed by atoms with Gasteiger partial charge in [0.05, 0.1) is 11.1 Å². The lowest BCUT2D eigenvalue weighted by atomic mass is 10.1. The molecule has 0 aliphatic heterocycles. The van der Waals surface area contributed by atoms with E-state index in [-0.39, 0.29) is 5.82 Å². The van der Waals surface area contributed by atoms with E-state index in [9.17, 15) is 4.39 Å². The zero-order valence-electron chi connectivity index (χ0n) is 10.2. The molecule has 1 heterocycles. The molecule has 19 heavy (non-hydrogen) atoms. The highest BCUT2D eigenvalue weighted by atomic mass is 35.5. The number of aryl methyl sites for hydroxylation is 1. The number of hydrogen-bond acceptors (Lipinski definition) is 2. The maximum absolute atomic E-state index is 14.1. The van der Waals surface area contributed by atoms with Crippen LogP contribution >= 0.6 is 11.6 Å². The lowest BCUT2D eigenvalue weighted by Crippen LogP contribution is -1.95. The number of benzene rings is 2. The van der Waals surface area contributed by atoms with Crippen LogP contribution in [0.1, 0.15) is 5.56 Å². The van der Waals surface area contributed by atoms with Crippen LogP contribution in [0.3, 0.4) is 0 Å². The van der Waals surface area contributed by atoms with Crippen molar-refractivity contribution in [2.24, 2.45) is 0 Å². The first kappa shape index (κ1) is 12.1. The van der Waals surface area contributed by atoms with Gasteiger partial charge >= 0.3 is 0 Å². The minimum Gasteiger partial charge on any atom is -0.228 e. The zero-order chi connectivity index (χ0) is 13.4. The fourth-order valence-electron chi connectivity index (χ4n) is 1.98. The third-order valence-electron chi connectivity index (χ3n) is 2.99. The number of nitrogens with zero attached hydrogens (tertiary/aromatic N) is 2. The van der Waals surface area contributed by atoms with Crippen molar-refractivity contribution in [2.75, 3.05) is 0 Å². The van der Waals surface area contributed by atoms with Crippen LogP contribution in [-0.2, 0) is 0 Å². The van der Waals surface area contributed by atoms with Gasteiger partial charge in [-0.05, 0) is 30.7 Å². The molecule has 0 aliphatic carbocycles. The standard InChI is InChI=1S/C15H10ClFN2/c1-9-5-4-7-11(13(9)17)15-18-12-8-3-2-6-10(12)14(16)19-15/h2-8H,1H3. The lowest BCUT2D eigenvalue weighted by Gasteiger charge is -2.06. The maximum Gasteiger partial charge on any atom is 0.164 e. The molecule has 94 valence electrons. The van der Waals surface area contributed by atoms with Crippen LogP contribution in [-0.4, -0.2) is 9.97 Å². The largest absolute Gasteiger partial charge is 0.228 e. The van der Waals surface area contributed by atoms with Gasteiger partial charge in [0.25, 0.3) is 0 Å². The third kappa shape index (κ3) is 2.06. The number of hydrogen-bond donors (Lipinski definition) is 0. The fraction of sp³-hybridized carbons (Fsp3) is 0.0667. The summed E-state index contributed by atoms with van der Waals surface area (Å²) in [6, 6.07) is 12.5. The SMILES string of the molecule is Cc1cccc(-c2nc(Cl)c3ccccc3n2)c1F. The molecule has 3 rings (SSSR count). The number of halogens is 2. The molecule has 0 amide bonds. The van der Waals surface area contributed by atoms with Gasteiger partial charge in [-0.15, -0.1) is 0 Å². The smallest absolute Gasteiger partial charge is 0.164 e. The highest BCUT2D eigenvalue weighted by Gasteiger charge is 2.12. The second kappa shape index (κ2) is 4.59. The van der Waals surface area contributed by atoms with Crippen molar-refractivity contribution in [3.8, 4) is 11.4 Å². The minimum absolute atomic E-state index is 0.310. The van der Waals surface area contributed by atoms with Gasteiger partial charge in [-0.2, -0.15) is 0 Å². The summed E-state index contributed by atoms with van der Waals surface area (Å²) in [6.45, 7) is 1.71. The van der Waals surface area contributed by atoms with Gasteiger partial charge in [-0.25, -0.2) is 14.4 Å². The molecule has 3 aromatic rings. The van der Waals surface area contributed by atoms with Crippen LogP contribution in [0.2, 0.25) is 5.15 Å². The molecule has 0 unspecified atom stereocenters. The topological polar surface area (TPSA) is 25.8 Å². The van der Waals surface area contributed by atoms with Gasteiger partial charge in [-0.3, -0.25) is 0 Å². The molecular formula is C15H10ClFN2. The van der Waals surface area contributed by atoms with E-state index in [4.69, 9.17) is 11.6 Å². The fourth-order valence-corrected chi connectivity index (χ4v) is 2.22. The van der Waals surface area contributed by atoms with Crippen molar-refractivity contribution in [3.05, 3.63) is 59.0 Å². The summed E-state index contributed by atoms with van der Waals surface area (Å²) in [5.41, 5.74) is 1.64. The van der Waals surface area contributed by atoms with Crippen LogP contribution in [0, 0.1) is 12.7 Å². The summed E-state index contributed by atoms with van der Waals surface area (Å²) < 4.78 is 14.1. The van der Waals surface area contributed by atoms with Crippen molar-refractivity contribution in [3.63, 3.8) is 0 Å². The van der Waals surface area contributed by atoms with E-state index in [1.807, 2.05) is 24.3 Å². The highest BCUT2D eigenvalue weighted by molar-refractivity contribution is 6.34. The second-order valence-electron chi connectivity index (χ2n) is 4.29. The molecule has 0 saturated heterocycles. The molecule has 0 atom stereocenters. The van der Waals surface area contributed by atoms with Gasteiger partial charge in [0.1, 0.15) is 11.0 Å². The molecule has 0 saturated carbocycles. The normalized spacial score (nSPS) is 10.9. The van der Waals surface area contributed by atoms with Crippen molar-refractivity contribution in [1.82, 2.24) is 9.97 Å². The van der Waals surface area contributed by atoms with Gasteiger partial charge in [0.2, 0.25) is 0 Å². The Morgan fingerprint density at radius 3 is 2.63 bits per heavy atom. The van der Waals surface area contributed by atoms with Crippen molar-refractivity contribution < 1.29 is 4.39 Å². The monoisotopic (exact) mass is 272 g/mol. The Morgan fingerprint density at radius 1 is 1.00 bits per heavy atom. The Kier molecular flexibility index (Phi) is 2.91.